The van der Waals surface area contributed by atoms with Crippen LogP contribution in [0.2, 0.25) is 0 Å². The quantitative estimate of drug-likeness (QED) is 0.774. The van der Waals surface area contributed by atoms with Gasteiger partial charge in [-0.2, -0.15) is 30.2 Å². The topological polar surface area (TPSA) is 49.9 Å². The highest BCUT2D eigenvalue weighted by molar-refractivity contribution is 7.86. The average Bonchev–Trinajstić information content (AvgIpc) is 2.31. The minimum absolute atomic E-state index is 0.0108. The minimum Gasteiger partial charge on any atom is -0.375 e. The van der Waals surface area contributed by atoms with E-state index in [0.29, 0.717) is 0 Å². The van der Waals surface area contributed by atoms with E-state index in [1.807, 2.05) is 0 Å². The van der Waals surface area contributed by atoms with Crippen LogP contribution in [-0.4, -0.2) is 61.6 Å². The van der Waals surface area contributed by atoms with Crippen LogP contribution in [0.3, 0.4) is 0 Å². The first-order chi connectivity index (χ1) is 9.08. The molecule has 0 aromatic carbocycles. The Kier molecular flexibility index (Phi) is 5.82. The molecule has 0 aromatic heterocycles. The van der Waals surface area contributed by atoms with Crippen LogP contribution in [-0.2, 0) is 14.9 Å². The van der Waals surface area contributed by atoms with Gasteiger partial charge >= 0.3 is 6.18 Å². The predicted octanol–water partition coefficient (Wildman–Crippen LogP) is 1.61. The second kappa shape index (κ2) is 6.59. The fraction of sp³-hybridized carbons (Fsp3) is 1.00. The number of morpholine rings is 1. The molecule has 0 aromatic rings. The van der Waals surface area contributed by atoms with Crippen molar-refractivity contribution in [2.75, 3.05) is 26.2 Å². The van der Waals surface area contributed by atoms with Gasteiger partial charge < -0.3 is 4.74 Å². The van der Waals surface area contributed by atoms with Crippen molar-refractivity contribution < 1.29 is 26.3 Å². The fourth-order valence-electron chi connectivity index (χ4n) is 2.03. The van der Waals surface area contributed by atoms with E-state index in [4.69, 9.17) is 4.74 Å². The summed E-state index contributed by atoms with van der Waals surface area (Å²) in [6.45, 7) is 4.81. The zero-order valence-corrected chi connectivity index (χ0v) is 12.7. The third-order valence-electron chi connectivity index (χ3n) is 3.17. The van der Waals surface area contributed by atoms with E-state index in [1.165, 1.54) is 11.2 Å². The smallest absolute Gasteiger partial charge is 0.375 e. The Labute approximate surface area is 117 Å². The van der Waals surface area contributed by atoms with Gasteiger partial charge in [0, 0.05) is 25.7 Å². The monoisotopic (exact) mass is 318 g/mol. The number of hydrogen-bond donors (Lipinski definition) is 0. The average molecular weight is 318 g/mol. The van der Waals surface area contributed by atoms with E-state index in [0.717, 1.165) is 4.31 Å². The van der Waals surface area contributed by atoms with Crippen molar-refractivity contribution in [3.63, 3.8) is 0 Å². The van der Waals surface area contributed by atoms with Crippen LogP contribution in [0.5, 0.6) is 0 Å². The van der Waals surface area contributed by atoms with Gasteiger partial charge in [0.1, 0.15) is 0 Å². The molecule has 0 unspecified atom stereocenters. The zero-order chi connectivity index (χ0) is 15.6. The van der Waals surface area contributed by atoms with E-state index in [9.17, 15) is 21.6 Å². The highest BCUT2D eigenvalue weighted by Gasteiger charge is 2.38. The molecule has 0 N–H and O–H groups in total. The summed E-state index contributed by atoms with van der Waals surface area (Å²) in [5, 5.41) is 0. The zero-order valence-electron chi connectivity index (χ0n) is 11.9. The van der Waals surface area contributed by atoms with Crippen molar-refractivity contribution in [1.82, 2.24) is 8.61 Å². The van der Waals surface area contributed by atoms with Gasteiger partial charge in [0.2, 0.25) is 0 Å². The summed E-state index contributed by atoms with van der Waals surface area (Å²) in [5.41, 5.74) is 0. The van der Waals surface area contributed by atoms with Gasteiger partial charge in [0.15, 0.2) is 0 Å². The summed E-state index contributed by atoms with van der Waals surface area (Å²) in [5.74, 6) is 0. The Balaban J connectivity index is 2.82. The molecule has 0 aliphatic carbocycles. The molecule has 1 fully saturated rings. The van der Waals surface area contributed by atoms with Crippen LogP contribution in [0, 0.1) is 0 Å². The number of alkyl halides is 3. The molecule has 1 heterocycles. The maximum absolute atomic E-state index is 12.4. The van der Waals surface area contributed by atoms with E-state index in [-0.39, 0.29) is 31.8 Å². The van der Waals surface area contributed by atoms with Gasteiger partial charge in [0.25, 0.3) is 10.2 Å². The van der Waals surface area contributed by atoms with E-state index < -0.39 is 29.4 Å². The minimum atomic E-state index is -4.37. The van der Waals surface area contributed by atoms with Crippen LogP contribution in [0.4, 0.5) is 13.2 Å². The number of nitrogens with zero attached hydrogens (tertiary/aromatic N) is 2. The molecule has 1 rings (SSSR count). The summed E-state index contributed by atoms with van der Waals surface area (Å²) >= 11 is 0. The van der Waals surface area contributed by atoms with Gasteiger partial charge in [0.05, 0.1) is 19.1 Å². The van der Waals surface area contributed by atoms with Crippen molar-refractivity contribution in [3.8, 4) is 0 Å². The molecular formula is C11H21F3N2O3S. The van der Waals surface area contributed by atoms with Crippen LogP contribution in [0.1, 0.15) is 27.2 Å². The number of hydrogen-bond acceptors (Lipinski definition) is 3. The standard InChI is InChI=1S/C11H21F3N2O3S/c1-4-15(6-5-11(12,13)14)20(17,18)16-7-10(3)19-8-9(16)2/h9-10H,4-8H2,1-3H3/t9-,10-/m0/s1. The maximum atomic E-state index is 12.4. The fourth-order valence-corrected chi connectivity index (χ4v) is 3.89. The summed E-state index contributed by atoms with van der Waals surface area (Å²) in [4.78, 5) is 0. The highest BCUT2D eigenvalue weighted by Crippen LogP contribution is 2.23. The van der Waals surface area contributed by atoms with Crippen molar-refractivity contribution in [2.24, 2.45) is 0 Å². The first-order valence-corrected chi connectivity index (χ1v) is 7.93. The summed E-state index contributed by atoms with van der Waals surface area (Å²) in [7, 11) is -3.89. The van der Waals surface area contributed by atoms with E-state index >= 15 is 0 Å². The molecular weight excluding hydrogens is 297 g/mol. The Morgan fingerprint density at radius 3 is 2.45 bits per heavy atom. The lowest BCUT2D eigenvalue weighted by Gasteiger charge is -2.38. The molecule has 1 aliphatic heterocycles. The predicted molar refractivity (Wildman–Crippen MR) is 68.4 cm³/mol. The molecule has 0 bridgehead atoms. The second-order valence-corrected chi connectivity index (χ2v) is 6.81. The van der Waals surface area contributed by atoms with Gasteiger partial charge in [-0.3, -0.25) is 0 Å². The number of rotatable bonds is 5. The molecule has 0 amide bonds. The Hall–Kier alpha value is -0.380. The molecule has 20 heavy (non-hydrogen) atoms. The maximum Gasteiger partial charge on any atom is 0.390 e. The third kappa shape index (κ3) is 4.57. The largest absolute Gasteiger partial charge is 0.390 e. The highest BCUT2D eigenvalue weighted by atomic mass is 32.2. The first kappa shape index (κ1) is 17.7. The van der Waals surface area contributed by atoms with Gasteiger partial charge in [-0.25, -0.2) is 0 Å². The summed E-state index contributed by atoms with van der Waals surface area (Å²) in [6.07, 6.45) is -5.77. The van der Waals surface area contributed by atoms with Crippen molar-refractivity contribution in [1.29, 1.82) is 0 Å². The lowest BCUT2D eigenvalue weighted by molar-refractivity contribution is -0.135. The molecule has 1 aliphatic rings. The van der Waals surface area contributed by atoms with Crippen LogP contribution >= 0.6 is 0 Å². The van der Waals surface area contributed by atoms with E-state index in [2.05, 4.69) is 0 Å². The molecule has 5 nitrogen and oxygen atoms in total. The van der Waals surface area contributed by atoms with Gasteiger partial charge in [-0.15, -0.1) is 0 Å². The SMILES string of the molecule is CCN(CCC(F)(F)F)S(=O)(=O)N1C[C@H](C)OC[C@@H]1C. The number of ether oxygens (including phenoxy) is 1. The Morgan fingerprint density at radius 1 is 1.35 bits per heavy atom. The van der Waals surface area contributed by atoms with Crippen molar-refractivity contribution in [3.05, 3.63) is 0 Å². The molecule has 0 radical (unpaired) electrons. The van der Waals surface area contributed by atoms with Crippen LogP contribution in [0.15, 0.2) is 0 Å². The van der Waals surface area contributed by atoms with Crippen molar-refractivity contribution >= 4 is 10.2 Å². The normalized spacial score (nSPS) is 26.1. The number of halogens is 3. The van der Waals surface area contributed by atoms with Gasteiger partial charge in [-0.05, 0) is 13.8 Å². The summed E-state index contributed by atoms with van der Waals surface area (Å²) < 4.78 is 69.1. The molecule has 0 spiro atoms. The van der Waals surface area contributed by atoms with Crippen LogP contribution in [0.25, 0.3) is 0 Å². The lowest BCUT2D eigenvalue weighted by atomic mass is 10.2. The Bertz CT molecular complexity index is 414. The van der Waals surface area contributed by atoms with Crippen LogP contribution < -0.4 is 0 Å². The molecule has 2 atom stereocenters. The van der Waals surface area contributed by atoms with Crippen molar-refractivity contribution in [2.45, 2.75) is 45.5 Å². The molecule has 1 saturated heterocycles. The first-order valence-electron chi connectivity index (χ1n) is 6.53. The molecule has 120 valence electrons. The Morgan fingerprint density at radius 2 is 1.95 bits per heavy atom. The van der Waals surface area contributed by atoms with E-state index in [1.54, 1.807) is 13.8 Å². The molecule has 0 saturated carbocycles. The summed E-state index contributed by atoms with van der Waals surface area (Å²) in [6, 6.07) is -0.379. The second-order valence-electron chi connectivity index (χ2n) is 4.93. The lowest BCUT2D eigenvalue weighted by Crippen LogP contribution is -2.55. The van der Waals surface area contributed by atoms with Gasteiger partial charge in [-0.1, -0.05) is 6.92 Å². The third-order valence-corrected chi connectivity index (χ3v) is 5.37. The molecule has 9 heteroatoms.